The third-order valence-electron chi connectivity index (χ3n) is 25.0. The molecule has 7 heterocycles. The fourth-order valence-corrected chi connectivity index (χ4v) is 17.3. The summed E-state index contributed by atoms with van der Waals surface area (Å²) in [7, 11) is 0. The van der Waals surface area contributed by atoms with E-state index in [-0.39, 0.29) is 12.3 Å². The van der Waals surface area contributed by atoms with Crippen molar-refractivity contribution < 1.29 is 183 Å². The van der Waals surface area contributed by atoms with E-state index in [1.54, 1.807) is 6.08 Å². The van der Waals surface area contributed by atoms with E-state index >= 15 is 0 Å². The molecule has 0 saturated carbocycles. The molecule has 40 nitrogen and oxygen atoms in total. The molecule has 14 unspecified atom stereocenters. The molecule has 23 N–H and O–H groups in total. The molecule has 7 aliphatic heterocycles. The van der Waals surface area contributed by atoms with Crippen molar-refractivity contribution in [3.05, 3.63) is 24.3 Å². The van der Waals surface area contributed by atoms with E-state index in [9.17, 15) is 117 Å². The molecule has 7 fully saturated rings. The predicted octanol–water partition coefficient (Wildman–Crippen LogP) is -1.46. The molecule has 7 rings (SSSR count). The van der Waals surface area contributed by atoms with Crippen LogP contribution in [0.1, 0.15) is 240 Å². The third-order valence-corrected chi connectivity index (χ3v) is 25.0. The summed E-state index contributed by atoms with van der Waals surface area (Å²) in [6.07, 6.45) is -22.1. The van der Waals surface area contributed by atoms with Gasteiger partial charge in [0.15, 0.2) is 44.0 Å². The van der Waals surface area contributed by atoms with E-state index in [4.69, 9.17) is 66.3 Å². The van der Waals surface area contributed by atoms with E-state index in [2.05, 4.69) is 41.9 Å². The Labute approximate surface area is 751 Å². The summed E-state index contributed by atoms with van der Waals surface area (Å²) < 4.78 is 84.1. The SMILES string of the molecule is CCCCCCCC/C=C\CCCCCCCCCCCCCC(=O)N[C@@H](CO[C@@H]1OC(CO)[C@@H](O[C@@H]2OC(CO)[C@H](O)[C@H](O[C@@H]3OC(CO)[C@@H](O[C@@H]4OC(CO)[C@H](O)[C@H](O[C@@H]5OC(CO)[C@@H](O[C@H]6OC(C)[C@@H](O)C(O)[C@@H]6O)[C@H](O[C@@H]6OC(CO)[C@H](O)[C@H](O)C6O)C5NC(C)=O)C4O)[C@H](O)C3NC(C)=O)C2O)[C@H](O)C1O)[C@H](O)/C=C/CCCCCCCCCCCCC. The summed E-state index contributed by atoms with van der Waals surface area (Å²) in [5, 5.41) is 232. The topological polar surface area (TPSA) is 621 Å². The number of hydrogen-bond acceptors (Lipinski definition) is 37. The predicted molar refractivity (Wildman–Crippen MR) is 453 cm³/mol. The van der Waals surface area contributed by atoms with Crippen LogP contribution in [0.2, 0.25) is 0 Å². The Morgan fingerprint density at radius 3 is 1.09 bits per heavy atom. The maximum atomic E-state index is 13.6. The maximum absolute atomic E-state index is 13.6. The van der Waals surface area contributed by atoms with Crippen molar-refractivity contribution in [2.24, 2.45) is 0 Å². The van der Waals surface area contributed by atoms with Crippen LogP contribution < -0.4 is 16.0 Å². The van der Waals surface area contributed by atoms with Gasteiger partial charge in [-0.25, -0.2) is 0 Å². The van der Waals surface area contributed by atoms with Crippen molar-refractivity contribution in [3.8, 4) is 0 Å². The normalized spacial score (nSPS) is 37.7. The number of hydrogen-bond donors (Lipinski definition) is 23. The largest absolute Gasteiger partial charge is 0.394 e. The summed E-state index contributed by atoms with van der Waals surface area (Å²) in [6.45, 7) is 0.979. The quantitative estimate of drug-likeness (QED) is 0.0244. The number of amides is 3. The minimum absolute atomic E-state index is 0.160. The van der Waals surface area contributed by atoms with E-state index in [0.717, 1.165) is 78.1 Å². The highest BCUT2D eigenvalue weighted by atomic mass is 16.8. The summed E-state index contributed by atoms with van der Waals surface area (Å²) >= 11 is 0. The lowest BCUT2D eigenvalue weighted by Gasteiger charge is -2.52. The molecule has 0 bridgehead atoms. The Morgan fingerprint density at radius 2 is 0.648 bits per heavy atom. The van der Waals surface area contributed by atoms with E-state index in [0.29, 0.717) is 12.8 Å². The molecule has 37 atom stereocenters. The lowest BCUT2D eigenvalue weighted by molar-refractivity contribution is -0.393. The average Bonchev–Trinajstić information content (AvgIpc) is 0.755. The molecule has 3 amide bonds. The van der Waals surface area contributed by atoms with Crippen LogP contribution in [0.15, 0.2) is 24.3 Å². The third kappa shape index (κ3) is 33.8. The lowest BCUT2D eigenvalue weighted by Crippen LogP contribution is -2.71. The number of nitrogens with one attached hydrogen (secondary N) is 3. The highest BCUT2D eigenvalue weighted by Gasteiger charge is 2.60. The number of carbonyl (C=O) groups is 3. The Bertz CT molecular complexity index is 3070. The van der Waals surface area contributed by atoms with Gasteiger partial charge in [-0.2, -0.15) is 0 Å². The number of unbranched alkanes of at least 4 members (excludes halogenated alkanes) is 28. The van der Waals surface area contributed by atoms with E-state index < -0.39 is 285 Å². The molecular weight excluding hydrogens is 1690 g/mol. The van der Waals surface area contributed by atoms with Crippen molar-refractivity contribution >= 4 is 17.7 Å². The highest BCUT2D eigenvalue weighted by Crippen LogP contribution is 2.40. The van der Waals surface area contributed by atoms with Crippen LogP contribution >= 0.6 is 0 Å². The fourth-order valence-electron chi connectivity index (χ4n) is 17.3. The first-order valence-electron chi connectivity index (χ1n) is 47.0. The van der Waals surface area contributed by atoms with Gasteiger partial charge in [0.2, 0.25) is 17.7 Å². The van der Waals surface area contributed by atoms with Crippen LogP contribution in [0.25, 0.3) is 0 Å². The second-order valence-corrected chi connectivity index (χ2v) is 35.2. The summed E-state index contributed by atoms with van der Waals surface area (Å²) in [5.41, 5.74) is 0. The fraction of sp³-hybridized carbons (Fsp3) is 0.920. The molecule has 0 radical (unpaired) electrons. The Hall–Kier alpha value is -3.47. The van der Waals surface area contributed by atoms with Gasteiger partial charge in [0, 0.05) is 20.3 Å². The molecule has 0 spiro atoms. The zero-order chi connectivity index (χ0) is 93.5. The molecular formula is C88H157N3O37. The van der Waals surface area contributed by atoms with Crippen molar-refractivity contribution in [2.45, 2.75) is 467 Å². The van der Waals surface area contributed by atoms with Gasteiger partial charge in [-0.05, 0) is 51.9 Å². The first-order chi connectivity index (χ1) is 61.5. The number of carbonyl (C=O) groups excluding carboxylic acids is 3. The van der Waals surface area contributed by atoms with Gasteiger partial charge in [0.1, 0.15) is 165 Å². The Kier molecular flexibility index (Phi) is 51.9. The van der Waals surface area contributed by atoms with Crippen LogP contribution in [0.4, 0.5) is 0 Å². The van der Waals surface area contributed by atoms with Crippen molar-refractivity contribution in [3.63, 3.8) is 0 Å². The van der Waals surface area contributed by atoms with Gasteiger partial charge < -0.3 is 184 Å². The molecule has 746 valence electrons. The highest BCUT2D eigenvalue weighted by molar-refractivity contribution is 5.76. The molecule has 0 aromatic heterocycles. The molecule has 40 heteroatoms. The van der Waals surface area contributed by atoms with E-state index in [1.807, 2.05) is 6.08 Å². The maximum Gasteiger partial charge on any atom is 0.220 e. The van der Waals surface area contributed by atoms with E-state index in [1.165, 1.54) is 129 Å². The van der Waals surface area contributed by atoms with Crippen LogP contribution in [0.3, 0.4) is 0 Å². The van der Waals surface area contributed by atoms with Crippen molar-refractivity contribution in [1.29, 1.82) is 0 Å². The second kappa shape index (κ2) is 59.5. The zero-order valence-electron chi connectivity index (χ0n) is 75.1. The van der Waals surface area contributed by atoms with Crippen LogP contribution in [-0.2, 0) is 80.7 Å². The van der Waals surface area contributed by atoms with Gasteiger partial charge in [0.05, 0.1) is 64.5 Å². The molecule has 0 aromatic carbocycles. The first-order valence-corrected chi connectivity index (χ1v) is 47.0. The van der Waals surface area contributed by atoms with Gasteiger partial charge in [-0.15, -0.1) is 0 Å². The van der Waals surface area contributed by atoms with Crippen LogP contribution in [-0.4, -0.2) is 393 Å². The van der Waals surface area contributed by atoms with Crippen LogP contribution in [0.5, 0.6) is 0 Å². The number of ether oxygens (including phenoxy) is 14. The molecule has 7 saturated heterocycles. The second-order valence-electron chi connectivity index (χ2n) is 35.2. The monoisotopic (exact) mass is 1850 g/mol. The molecule has 0 aliphatic carbocycles. The minimum Gasteiger partial charge on any atom is -0.394 e. The number of aliphatic hydroxyl groups excluding tert-OH is 20. The van der Waals surface area contributed by atoms with Gasteiger partial charge in [-0.1, -0.05) is 192 Å². The lowest BCUT2D eigenvalue weighted by atomic mass is 9.93. The van der Waals surface area contributed by atoms with Gasteiger partial charge in [0.25, 0.3) is 0 Å². The van der Waals surface area contributed by atoms with Gasteiger partial charge >= 0.3 is 0 Å². The Morgan fingerprint density at radius 1 is 0.320 bits per heavy atom. The standard InChI is InChI=1S/C88H157N3O37/c1-6-8-10-12-14-16-18-20-21-22-23-24-25-26-27-29-31-33-35-37-39-41-60(101)91-52(53(100)40-38-36-34-32-30-28-19-17-15-13-11-9-7-2)48-115-84-73(112)70(109)77(58(46-96)122-84)124-88-74(113)80(65(104)55(43-93)119-88)127-82-61(89-50(4)98)67(106)76(57(45-95)120-82)123-87-75(114)81(66(105)56(44-94)118-87)128-83-62(90-51(5)99)79(126-86-72(111)69(108)64(103)54(42-92)117-86)78(59(47-97)121-83)125-85-71(110)68(107)63(102)49(3)116-85/h20-21,38,40,49,52-59,61-88,92-97,100,102-114H,6-19,22-37,39,41-48H2,1-5H3,(H,89,98)(H,90,99)(H,91,101)/b21-20-,40-38+/t49?,52-,53+,54?,55?,56?,57?,58?,59?,61?,62?,63+,64-,65-,66-,67+,68?,69-,70+,71-,72?,73?,74?,75?,76+,77+,78+,79+,80-,81-,82-,83-,84+,85+,86-,87-,88-/m0/s1. The number of rotatable bonds is 59. The van der Waals surface area contributed by atoms with Crippen LogP contribution in [0, 0.1) is 0 Å². The number of aliphatic hydroxyl groups is 20. The number of allylic oxidation sites excluding steroid dienone is 3. The van der Waals surface area contributed by atoms with Crippen molar-refractivity contribution in [2.75, 3.05) is 46.2 Å². The molecule has 0 aromatic rings. The average molecular weight is 1850 g/mol. The van der Waals surface area contributed by atoms with Gasteiger partial charge in [-0.3, -0.25) is 14.4 Å². The molecule has 128 heavy (non-hydrogen) atoms. The minimum atomic E-state index is -2.35. The summed E-state index contributed by atoms with van der Waals surface area (Å²) in [4.78, 5) is 40.0. The first kappa shape index (κ1) is 112. The molecule has 7 aliphatic rings. The smallest absolute Gasteiger partial charge is 0.220 e. The Balaban J connectivity index is 0.991. The summed E-state index contributed by atoms with van der Waals surface area (Å²) in [6, 6.07) is -4.87. The summed E-state index contributed by atoms with van der Waals surface area (Å²) in [5.74, 6) is -2.17. The van der Waals surface area contributed by atoms with Crippen molar-refractivity contribution in [1.82, 2.24) is 16.0 Å². The zero-order valence-corrected chi connectivity index (χ0v) is 75.1.